The van der Waals surface area contributed by atoms with Crippen molar-refractivity contribution < 1.29 is 9.53 Å². The summed E-state index contributed by atoms with van der Waals surface area (Å²) in [4.78, 5) is 23.5. The van der Waals surface area contributed by atoms with Gasteiger partial charge in [-0.3, -0.25) is 4.79 Å². The fraction of sp³-hybridized carbons (Fsp3) is 0.438. The van der Waals surface area contributed by atoms with E-state index >= 15 is 0 Å². The van der Waals surface area contributed by atoms with Crippen molar-refractivity contribution in [1.82, 2.24) is 20.2 Å². The van der Waals surface area contributed by atoms with E-state index in [1.807, 2.05) is 0 Å². The number of hydrogen-bond donors (Lipinski definition) is 1. The highest BCUT2D eigenvalue weighted by atomic mass is 32.2. The van der Waals surface area contributed by atoms with Gasteiger partial charge in [-0.1, -0.05) is 11.3 Å². The molecule has 136 valence electrons. The van der Waals surface area contributed by atoms with E-state index in [0.717, 1.165) is 27.7 Å². The van der Waals surface area contributed by atoms with Gasteiger partial charge in [0, 0.05) is 29.5 Å². The Morgan fingerprint density at radius 3 is 3.12 bits per heavy atom. The van der Waals surface area contributed by atoms with Crippen molar-refractivity contribution in [3.05, 3.63) is 21.8 Å². The predicted molar refractivity (Wildman–Crippen MR) is 104 cm³/mol. The summed E-state index contributed by atoms with van der Waals surface area (Å²) in [6.07, 6.45) is 5.48. The Morgan fingerprint density at radius 2 is 2.23 bits per heavy atom. The third-order valence-electron chi connectivity index (χ3n) is 4.02. The number of fused-ring (bicyclic) bond motifs is 3. The van der Waals surface area contributed by atoms with Crippen LogP contribution >= 0.6 is 34.4 Å². The number of thioether (sulfide) groups is 1. The Hall–Kier alpha value is -1.62. The minimum absolute atomic E-state index is 0.0709. The van der Waals surface area contributed by atoms with Gasteiger partial charge in [0.05, 0.1) is 0 Å². The van der Waals surface area contributed by atoms with Gasteiger partial charge in [-0.25, -0.2) is 9.97 Å². The van der Waals surface area contributed by atoms with Crippen LogP contribution in [0.15, 0.2) is 11.4 Å². The summed E-state index contributed by atoms with van der Waals surface area (Å²) in [5.41, 5.74) is 1.41. The molecule has 3 aromatic heterocycles. The molecule has 26 heavy (non-hydrogen) atoms. The quantitative estimate of drug-likeness (QED) is 0.475. The van der Waals surface area contributed by atoms with E-state index in [2.05, 4.69) is 25.5 Å². The molecule has 0 saturated carbocycles. The van der Waals surface area contributed by atoms with Crippen LogP contribution in [0.25, 0.3) is 10.2 Å². The van der Waals surface area contributed by atoms with Crippen LogP contribution in [0.2, 0.25) is 0 Å². The minimum Gasteiger partial charge on any atom is -0.377 e. The lowest BCUT2D eigenvalue weighted by Gasteiger charge is -2.04. The molecule has 0 saturated heterocycles. The number of ether oxygens (including phenoxy) is 1. The summed E-state index contributed by atoms with van der Waals surface area (Å²) in [6.45, 7) is 0.401. The Kier molecular flexibility index (Phi) is 5.44. The fourth-order valence-corrected chi connectivity index (χ4v) is 5.91. The van der Waals surface area contributed by atoms with E-state index in [1.54, 1.807) is 36.5 Å². The van der Waals surface area contributed by atoms with Crippen molar-refractivity contribution in [2.75, 3.05) is 18.2 Å². The second-order valence-electron chi connectivity index (χ2n) is 5.80. The highest BCUT2D eigenvalue weighted by Gasteiger charge is 2.21. The van der Waals surface area contributed by atoms with Gasteiger partial charge < -0.3 is 10.1 Å². The molecule has 0 bridgehead atoms. The standard InChI is InChI=1S/C16H17N5O2S3/c1-23-7-12-20-21-16(26-12)19-11(22)5-6-24-14-13-9-3-2-4-10(9)25-15(13)18-8-17-14/h8H,2-7H2,1H3,(H,19,21,22). The van der Waals surface area contributed by atoms with Gasteiger partial charge in [-0.05, 0) is 24.8 Å². The maximum absolute atomic E-state index is 12.1. The van der Waals surface area contributed by atoms with Crippen molar-refractivity contribution >= 4 is 55.7 Å². The van der Waals surface area contributed by atoms with Crippen molar-refractivity contribution in [2.24, 2.45) is 0 Å². The number of rotatable bonds is 7. The number of hydrogen-bond acceptors (Lipinski definition) is 9. The molecular weight excluding hydrogens is 390 g/mol. The number of nitrogens with zero attached hydrogens (tertiary/aromatic N) is 4. The third-order valence-corrected chi connectivity index (χ3v) is 7.02. The van der Waals surface area contributed by atoms with Crippen LogP contribution < -0.4 is 5.32 Å². The monoisotopic (exact) mass is 407 g/mol. The van der Waals surface area contributed by atoms with Crippen LogP contribution in [0, 0.1) is 0 Å². The van der Waals surface area contributed by atoms with Gasteiger partial charge in [0.2, 0.25) is 11.0 Å². The van der Waals surface area contributed by atoms with Crippen LogP contribution in [0.3, 0.4) is 0 Å². The van der Waals surface area contributed by atoms with Crippen molar-refractivity contribution in [3.8, 4) is 0 Å². The highest BCUT2D eigenvalue weighted by Crippen LogP contribution is 2.40. The van der Waals surface area contributed by atoms with E-state index in [0.29, 0.717) is 23.9 Å². The van der Waals surface area contributed by atoms with E-state index in [1.165, 1.54) is 33.6 Å². The summed E-state index contributed by atoms with van der Waals surface area (Å²) < 4.78 is 5.00. The molecule has 10 heteroatoms. The van der Waals surface area contributed by atoms with Crippen LogP contribution in [-0.2, 0) is 29.0 Å². The fourth-order valence-electron chi connectivity index (χ4n) is 2.92. The number of carbonyl (C=O) groups is 1. The van der Waals surface area contributed by atoms with Crippen LogP contribution in [0.1, 0.15) is 28.3 Å². The van der Waals surface area contributed by atoms with E-state index in [9.17, 15) is 4.79 Å². The molecule has 0 atom stereocenters. The highest BCUT2D eigenvalue weighted by molar-refractivity contribution is 7.99. The average molecular weight is 408 g/mol. The van der Waals surface area contributed by atoms with Crippen molar-refractivity contribution in [1.29, 1.82) is 0 Å². The van der Waals surface area contributed by atoms with Gasteiger partial charge in [-0.15, -0.1) is 33.3 Å². The zero-order valence-electron chi connectivity index (χ0n) is 14.2. The van der Waals surface area contributed by atoms with Crippen LogP contribution in [0.4, 0.5) is 5.13 Å². The lowest BCUT2D eigenvalue weighted by molar-refractivity contribution is -0.115. The zero-order valence-corrected chi connectivity index (χ0v) is 16.6. The Morgan fingerprint density at radius 1 is 1.31 bits per heavy atom. The van der Waals surface area contributed by atoms with Gasteiger partial charge in [0.25, 0.3) is 0 Å². The molecule has 0 aromatic carbocycles. The molecule has 1 amide bonds. The largest absolute Gasteiger partial charge is 0.377 e. The Bertz CT molecular complexity index is 939. The number of carbonyl (C=O) groups excluding carboxylic acids is 1. The molecule has 4 rings (SSSR count). The lowest BCUT2D eigenvalue weighted by Crippen LogP contribution is -2.12. The van der Waals surface area contributed by atoms with Crippen LogP contribution in [-0.4, -0.2) is 38.9 Å². The summed E-state index contributed by atoms with van der Waals surface area (Å²) >= 11 is 4.72. The molecule has 0 fully saturated rings. The number of aryl methyl sites for hydroxylation is 2. The smallest absolute Gasteiger partial charge is 0.227 e. The maximum Gasteiger partial charge on any atom is 0.227 e. The molecule has 7 nitrogen and oxygen atoms in total. The van der Waals surface area contributed by atoms with Crippen LogP contribution in [0.5, 0.6) is 0 Å². The first-order valence-electron chi connectivity index (χ1n) is 8.24. The predicted octanol–water partition coefficient (Wildman–Crippen LogP) is 3.30. The molecule has 0 aliphatic heterocycles. The first-order chi connectivity index (χ1) is 12.7. The topological polar surface area (TPSA) is 89.9 Å². The van der Waals surface area contributed by atoms with Gasteiger partial charge in [-0.2, -0.15) is 0 Å². The molecule has 3 aromatic rings. The maximum atomic E-state index is 12.1. The normalized spacial score (nSPS) is 13.3. The third kappa shape index (κ3) is 3.73. The summed E-state index contributed by atoms with van der Waals surface area (Å²) in [6, 6.07) is 0. The Labute approximate surface area is 162 Å². The minimum atomic E-state index is -0.0709. The van der Waals surface area contributed by atoms with Gasteiger partial charge in [0.1, 0.15) is 27.8 Å². The average Bonchev–Trinajstić information content (AvgIpc) is 3.31. The SMILES string of the molecule is COCc1nnc(NC(=O)CCSc2ncnc3sc4c(c23)CCC4)s1. The van der Waals surface area contributed by atoms with Crippen molar-refractivity contribution in [3.63, 3.8) is 0 Å². The number of nitrogens with one attached hydrogen (secondary N) is 1. The second-order valence-corrected chi connectivity index (χ2v) is 9.03. The number of thiophene rings is 1. The van der Waals surface area contributed by atoms with E-state index in [4.69, 9.17) is 4.74 Å². The lowest BCUT2D eigenvalue weighted by atomic mass is 10.2. The van der Waals surface area contributed by atoms with E-state index < -0.39 is 0 Å². The van der Waals surface area contributed by atoms with Crippen molar-refractivity contribution in [2.45, 2.75) is 37.3 Å². The summed E-state index contributed by atoms with van der Waals surface area (Å²) in [5, 5.41) is 14.1. The second kappa shape index (κ2) is 7.95. The number of amides is 1. The molecule has 1 aliphatic rings. The number of methoxy groups -OCH3 is 1. The first kappa shape index (κ1) is 17.8. The number of anilines is 1. The molecule has 1 aliphatic carbocycles. The zero-order chi connectivity index (χ0) is 17.9. The summed E-state index contributed by atoms with van der Waals surface area (Å²) in [7, 11) is 1.60. The first-order valence-corrected chi connectivity index (χ1v) is 10.9. The van der Waals surface area contributed by atoms with E-state index in [-0.39, 0.29) is 5.91 Å². The molecule has 0 spiro atoms. The molecule has 0 unspecified atom stereocenters. The Balaban J connectivity index is 1.36. The summed E-state index contributed by atoms with van der Waals surface area (Å²) in [5.74, 6) is 0.588. The molecule has 3 heterocycles. The number of aromatic nitrogens is 4. The molecule has 0 radical (unpaired) electrons. The van der Waals surface area contributed by atoms with Gasteiger partial charge >= 0.3 is 0 Å². The molecular formula is C16H17N5O2S3. The van der Waals surface area contributed by atoms with Gasteiger partial charge in [0.15, 0.2) is 0 Å². The molecule has 1 N–H and O–H groups in total.